The largest absolute Gasteiger partial charge is 0.507 e. The summed E-state index contributed by atoms with van der Waals surface area (Å²) < 4.78 is 28.9. The van der Waals surface area contributed by atoms with Crippen LogP contribution in [0.15, 0.2) is 71.5 Å². The van der Waals surface area contributed by atoms with E-state index in [4.69, 9.17) is 11.6 Å². The Hall–Kier alpha value is -3.51. The fourth-order valence-corrected chi connectivity index (χ4v) is 3.23. The topological polar surface area (TPSA) is 55.1 Å². The van der Waals surface area contributed by atoms with Crippen molar-refractivity contribution in [3.63, 3.8) is 0 Å². The Morgan fingerprint density at radius 1 is 1.03 bits per heavy atom. The minimum absolute atomic E-state index is 0.0166. The molecule has 4 rings (SSSR count). The highest BCUT2D eigenvalue weighted by Gasteiger charge is 2.16. The number of nitrogens with zero attached hydrogens (tertiary/aromatic N) is 2. The van der Waals surface area contributed by atoms with Crippen LogP contribution >= 0.6 is 11.6 Å². The molecule has 29 heavy (non-hydrogen) atoms. The third-order valence-corrected chi connectivity index (χ3v) is 4.68. The molecule has 1 aromatic heterocycles. The third-order valence-electron chi connectivity index (χ3n) is 4.37. The van der Waals surface area contributed by atoms with Crippen LogP contribution in [0, 0.1) is 11.6 Å². The van der Waals surface area contributed by atoms with Gasteiger partial charge < -0.3 is 5.11 Å². The van der Waals surface area contributed by atoms with Crippen LogP contribution in [0.2, 0.25) is 5.02 Å². The van der Waals surface area contributed by atoms with E-state index in [2.05, 4.69) is 4.98 Å². The first-order valence-corrected chi connectivity index (χ1v) is 8.96. The van der Waals surface area contributed by atoms with Gasteiger partial charge in [-0.05, 0) is 42.5 Å². The van der Waals surface area contributed by atoms with E-state index < -0.39 is 23.0 Å². The second kappa shape index (κ2) is 7.48. The number of hydrogen-bond acceptors (Lipinski definition) is 3. The first-order valence-electron chi connectivity index (χ1n) is 8.58. The number of fused-ring (bicyclic) bond motifs is 1. The molecule has 0 amide bonds. The minimum atomic E-state index is -0.629. The van der Waals surface area contributed by atoms with Gasteiger partial charge in [-0.1, -0.05) is 35.9 Å². The summed E-state index contributed by atoms with van der Waals surface area (Å²) >= 11 is 6.26. The normalized spacial score (nSPS) is 11.8. The van der Waals surface area contributed by atoms with Crippen molar-refractivity contribution < 1.29 is 13.9 Å². The van der Waals surface area contributed by atoms with Gasteiger partial charge in [0.05, 0.1) is 27.2 Å². The van der Waals surface area contributed by atoms with Gasteiger partial charge in [-0.25, -0.2) is 13.8 Å². The molecule has 1 N–H and O–H groups in total. The predicted octanol–water partition coefficient (Wildman–Crippen LogP) is 5.37. The van der Waals surface area contributed by atoms with Crippen LogP contribution in [-0.2, 0) is 0 Å². The second-order valence-corrected chi connectivity index (χ2v) is 6.64. The SMILES string of the molecule is O=c1c2cc(F)ccc2nc(/C=C(\O)c2ccccc2F)n1-c1ccccc1Cl. The fraction of sp³-hybridized carbons (Fsp3) is 0. The van der Waals surface area contributed by atoms with Gasteiger partial charge in [0.2, 0.25) is 0 Å². The van der Waals surface area contributed by atoms with E-state index in [1.165, 1.54) is 36.4 Å². The zero-order valence-electron chi connectivity index (χ0n) is 14.8. The van der Waals surface area contributed by atoms with Crippen LogP contribution in [0.4, 0.5) is 8.78 Å². The highest BCUT2D eigenvalue weighted by Crippen LogP contribution is 2.24. The Kier molecular flexibility index (Phi) is 4.86. The van der Waals surface area contributed by atoms with Crippen molar-refractivity contribution in [2.45, 2.75) is 0 Å². The average molecular weight is 411 g/mol. The Balaban J connectivity index is 2.05. The van der Waals surface area contributed by atoms with Crippen LogP contribution in [0.25, 0.3) is 28.4 Å². The smallest absolute Gasteiger partial charge is 0.266 e. The van der Waals surface area contributed by atoms with Crippen molar-refractivity contribution in [3.8, 4) is 5.69 Å². The summed E-state index contributed by atoms with van der Waals surface area (Å²) in [6, 6.07) is 15.8. The molecule has 0 fully saturated rings. The van der Waals surface area contributed by atoms with E-state index >= 15 is 0 Å². The highest BCUT2D eigenvalue weighted by atomic mass is 35.5. The maximum atomic E-state index is 14.1. The molecular formula is C22H13ClF2N2O2. The molecule has 0 unspecified atom stereocenters. The molecule has 0 aliphatic heterocycles. The van der Waals surface area contributed by atoms with Crippen molar-refractivity contribution >= 4 is 34.3 Å². The summed E-state index contributed by atoms with van der Waals surface area (Å²) in [6.07, 6.45) is 1.17. The molecule has 0 saturated carbocycles. The van der Waals surface area contributed by atoms with Crippen LogP contribution in [0.3, 0.4) is 0 Å². The molecular weight excluding hydrogens is 398 g/mol. The predicted molar refractivity (Wildman–Crippen MR) is 109 cm³/mol. The maximum Gasteiger partial charge on any atom is 0.266 e. The lowest BCUT2D eigenvalue weighted by atomic mass is 10.1. The van der Waals surface area contributed by atoms with E-state index in [9.17, 15) is 18.7 Å². The Bertz CT molecular complexity index is 1330. The number of benzene rings is 3. The van der Waals surface area contributed by atoms with Gasteiger partial charge in [0.15, 0.2) is 0 Å². The van der Waals surface area contributed by atoms with Crippen molar-refractivity contribution in [1.82, 2.24) is 9.55 Å². The Labute approximate surface area is 169 Å². The van der Waals surface area contributed by atoms with Gasteiger partial charge in [-0.2, -0.15) is 0 Å². The van der Waals surface area contributed by atoms with Crippen molar-refractivity contribution in [1.29, 1.82) is 0 Å². The molecule has 0 aliphatic carbocycles. The Morgan fingerprint density at radius 2 is 1.76 bits per heavy atom. The molecule has 1 heterocycles. The average Bonchev–Trinajstić information content (AvgIpc) is 2.70. The summed E-state index contributed by atoms with van der Waals surface area (Å²) in [6.45, 7) is 0. The molecule has 144 valence electrons. The van der Waals surface area contributed by atoms with E-state index in [1.807, 2.05) is 0 Å². The summed E-state index contributed by atoms with van der Waals surface area (Å²) in [5.74, 6) is -1.62. The van der Waals surface area contributed by atoms with Gasteiger partial charge in [-0.3, -0.25) is 9.36 Å². The summed E-state index contributed by atoms with van der Waals surface area (Å²) in [7, 11) is 0. The van der Waals surface area contributed by atoms with Crippen LogP contribution < -0.4 is 5.56 Å². The van der Waals surface area contributed by atoms with Gasteiger partial charge in [0, 0.05) is 6.08 Å². The standard InChI is InChI=1S/C22H13ClF2N2O2/c23-16-6-2-4-8-19(16)27-21(12-20(28)14-5-1-3-7-17(14)25)26-18-10-9-13(24)11-15(18)22(27)29/h1-12,28H/b20-12-. The third kappa shape index (κ3) is 3.50. The highest BCUT2D eigenvalue weighted by molar-refractivity contribution is 6.32. The lowest BCUT2D eigenvalue weighted by Crippen LogP contribution is -2.23. The van der Waals surface area contributed by atoms with Gasteiger partial charge in [0.1, 0.15) is 23.2 Å². The zero-order chi connectivity index (χ0) is 20.5. The number of aliphatic hydroxyl groups excluding tert-OH is 1. The molecule has 0 spiro atoms. The monoisotopic (exact) mass is 410 g/mol. The van der Waals surface area contributed by atoms with Crippen molar-refractivity contribution in [2.75, 3.05) is 0 Å². The van der Waals surface area contributed by atoms with Gasteiger partial charge in [0.25, 0.3) is 5.56 Å². The molecule has 0 atom stereocenters. The number of halogens is 3. The van der Waals surface area contributed by atoms with Crippen LogP contribution in [-0.4, -0.2) is 14.7 Å². The quantitative estimate of drug-likeness (QED) is 0.462. The van der Waals surface area contributed by atoms with E-state index in [0.717, 1.165) is 10.6 Å². The Morgan fingerprint density at radius 3 is 2.52 bits per heavy atom. The first-order chi connectivity index (χ1) is 14.0. The molecule has 0 bridgehead atoms. The molecule has 0 radical (unpaired) electrons. The van der Waals surface area contributed by atoms with Gasteiger partial charge >= 0.3 is 0 Å². The van der Waals surface area contributed by atoms with Crippen LogP contribution in [0.5, 0.6) is 0 Å². The summed E-state index contributed by atoms with van der Waals surface area (Å²) in [5, 5.41) is 10.8. The minimum Gasteiger partial charge on any atom is -0.507 e. The second-order valence-electron chi connectivity index (χ2n) is 6.23. The molecule has 3 aromatic carbocycles. The summed E-state index contributed by atoms with van der Waals surface area (Å²) in [5.41, 5.74) is -0.0976. The van der Waals surface area contributed by atoms with Crippen molar-refractivity contribution in [2.24, 2.45) is 0 Å². The number of hydrogen-bond donors (Lipinski definition) is 1. The number of aliphatic hydroxyl groups is 1. The molecule has 4 aromatic rings. The first kappa shape index (κ1) is 18.8. The molecule has 0 aliphatic rings. The van der Waals surface area contributed by atoms with Crippen LogP contribution in [0.1, 0.15) is 11.4 Å². The van der Waals surface area contributed by atoms with Crippen molar-refractivity contribution in [3.05, 3.63) is 105 Å². The molecule has 0 saturated heterocycles. The maximum absolute atomic E-state index is 14.1. The molecule has 4 nitrogen and oxygen atoms in total. The van der Waals surface area contributed by atoms with E-state index in [1.54, 1.807) is 30.3 Å². The lowest BCUT2D eigenvalue weighted by molar-refractivity contribution is 0.505. The number of aromatic nitrogens is 2. The zero-order valence-corrected chi connectivity index (χ0v) is 15.6. The van der Waals surface area contributed by atoms with Gasteiger partial charge in [-0.15, -0.1) is 0 Å². The number of rotatable bonds is 3. The summed E-state index contributed by atoms with van der Waals surface area (Å²) in [4.78, 5) is 17.5. The lowest BCUT2D eigenvalue weighted by Gasteiger charge is -2.13. The number of para-hydroxylation sites is 1. The molecule has 7 heteroatoms. The van der Waals surface area contributed by atoms with E-state index in [0.29, 0.717) is 5.69 Å². The fourth-order valence-electron chi connectivity index (χ4n) is 3.01. The van der Waals surface area contributed by atoms with E-state index in [-0.39, 0.29) is 27.3 Å².